The highest BCUT2D eigenvalue weighted by Crippen LogP contribution is 2.71. The second-order valence-electron chi connectivity index (χ2n) is 14.5. The predicted molar refractivity (Wildman–Crippen MR) is 152 cm³/mol. The first-order valence-corrected chi connectivity index (χ1v) is 16.3. The lowest BCUT2D eigenvalue weighted by Crippen LogP contribution is -2.69. The molecule has 43 heavy (non-hydrogen) atoms. The molecule has 10 nitrogen and oxygen atoms in total. The first kappa shape index (κ1) is 30.0. The van der Waals surface area contributed by atoms with Crippen molar-refractivity contribution in [1.82, 2.24) is 0 Å². The summed E-state index contributed by atoms with van der Waals surface area (Å²) in [5, 5.41) is 35.5. The Labute approximate surface area is 252 Å². The van der Waals surface area contributed by atoms with Gasteiger partial charge in [-0.1, -0.05) is 13.8 Å². The van der Waals surface area contributed by atoms with E-state index in [9.17, 15) is 24.9 Å². The maximum Gasteiger partial charge on any atom is 0.335 e. The van der Waals surface area contributed by atoms with E-state index >= 15 is 0 Å². The highest BCUT2D eigenvalue weighted by Gasteiger charge is 2.71. The van der Waals surface area contributed by atoms with Crippen molar-refractivity contribution >= 4 is 6.29 Å². The zero-order chi connectivity index (χ0) is 30.4. The topological polar surface area (TPSA) is 145 Å². The molecule has 0 amide bonds. The van der Waals surface area contributed by atoms with Crippen LogP contribution in [0.25, 0.3) is 0 Å². The molecule has 1 aromatic heterocycles. The predicted octanol–water partition coefficient (Wildman–Crippen LogP) is 3.19. The van der Waals surface area contributed by atoms with Crippen LogP contribution in [0.5, 0.6) is 0 Å². The Balaban J connectivity index is 1.11. The number of rotatable bonds is 5. The number of aldehydes is 1. The molecule has 0 spiro atoms. The second kappa shape index (κ2) is 10.4. The SMILES string of the molecule is CCC1OC2C(OC3CCC4(C=O)C5CCC6(C)C(c7ccc(=O)oc7)CCC6(O)C5CCC4(O)C3)OC(C)C(O)C2O1. The first-order valence-electron chi connectivity index (χ1n) is 16.3. The third kappa shape index (κ3) is 4.23. The Morgan fingerprint density at radius 1 is 1.00 bits per heavy atom. The van der Waals surface area contributed by atoms with Crippen molar-refractivity contribution in [2.24, 2.45) is 22.7 Å². The van der Waals surface area contributed by atoms with Gasteiger partial charge in [0.1, 0.15) is 24.6 Å². The Kier molecular flexibility index (Phi) is 7.29. The molecule has 4 aliphatic carbocycles. The molecule has 14 unspecified atom stereocenters. The Morgan fingerprint density at radius 2 is 1.77 bits per heavy atom. The molecular weight excluding hydrogens is 556 g/mol. The van der Waals surface area contributed by atoms with Crippen molar-refractivity contribution in [2.45, 2.75) is 145 Å². The van der Waals surface area contributed by atoms with Crippen molar-refractivity contribution in [1.29, 1.82) is 0 Å². The van der Waals surface area contributed by atoms with E-state index < -0.39 is 59.0 Å². The van der Waals surface area contributed by atoms with Crippen molar-refractivity contribution in [3.63, 3.8) is 0 Å². The highest BCUT2D eigenvalue weighted by atomic mass is 16.8. The molecule has 6 fully saturated rings. The second-order valence-corrected chi connectivity index (χ2v) is 14.5. The summed E-state index contributed by atoms with van der Waals surface area (Å²) in [7, 11) is 0. The number of fused-ring (bicyclic) bond motifs is 6. The molecule has 10 heteroatoms. The summed E-state index contributed by atoms with van der Waals surface area (Å²) < 4.78 is 29.7. The van der Waals surface area contributed by atoms with Crippen LogP contribution in [0.15, 0.2) is 27.6 Å². The van der Waals surface area contributed by atoms with Gasteiger partial charge in [-0.15, -0.1) is 0 Å². The van der Waals surface area contributed by atoms with Crippen molar-refractivity contribution < 1.29 is 43.5 Å². The molecule has 3 heterocycles. The summed E-state index contributed by atoms with van der Waals surface area (Å²) in [6.07, 6.45) is 4.38. The van der Waals surface area contributed by atoms with Crippen LogP contribution in [0.4, 0.5) is 0 Å². The third-order valence-electron chi connectivity index (χ3n) is 12.9. The minimum absolute atomic E-state index is 0.0502. The van der Waals surface area contributed by atoms with Gasteiger partial charge in [-0.25, -0.2) is 4.79 Å². The van der Waals surface area contributed by atoms with Crippen molar-refractivity contribution in [3.05, 3.63) is 34.4 Å². The number of aliphatic hydroxyl groups is 3. The van der Waals surface area contributed by atoms with E-state index in [0.717, 1.165) is 31.1 Å². The van der Waals surface area contributed by atoms with Gasteiger partial charge in [0.2, 0.25) is 0 Å². The fraction of sp³-hybridized carbons (Fsp3) is 0.818. The average Bonchev–Trinajstić information content (AvgIpc) is 3.55. The molecule has 14 atom stereocenters. The first-order chi connectivity index (χ1) is 20.5. The molecule has 0 aromatic carbocycles. The van der Waals surface area contributed by atoms with E-state index in [1.807, 2.05) is 13.0 Å². The summed E-state index contributed by atoms with van der Waals surface area (Å²) >= 11 is 0. The van der Waals surface area contributed by atoms with Crippen LogP contribution in [-0.2, 0) is 23.7 Å². The van der Waals surface area contributed by atoms with E-state index in [1.54, 1.807) is 6.92 Å². The van der Waals surface area contributed by atoms with Crippen LogP contribution in [0, 0.1) is 22.7 Å². The van der Waals surface area contributed by atoms with Crippen molar-refractivity contribution in [2.75, 3.05) is 0 Å². The quantitative estimate of drug-likeness (QED) is 0.339. The number of aliphatic hydroxyl groups excluding tert-OH is 1. The Morgan fingerprint density at radius 3 is 2.49 bits per heavy atom. The van der Waals surface area contributed by atoms with Gasteiger partial charge in [-0.3, -0.25) is 0 Å². The van der Waals surface area contributed by atoms with Crippen LogP contribution in [0.3, 0.4) is 0 Å². The van der Waals surface area contributed by atoms with E-state index in [1.165, 1.54) is 12.3 Å². The standard InChI is InChI=1S/C33H46O10/c1-4-25-42-27-26(36)18(2)40-29(28(27)43-25)41-20-7-12-31(17-34)22-8-11-30(3)21(19-5-6-24(35)39-16-19)10-14-33(30,38)23(22)9-13-32(31,37)15-20/h5-6,16-18,20-23,25-29,36-38H,4,7-15H2,1-3H3. The highest BCUT2D eigenvalue weighted by molar-refractivity contribution is 5.64. The normalized spacial score (nSPS) is 52.5. The number of carbonyl (C=O) groups excluding carboxylic acids is 1. The van der Waals surface area contributed by atoms with Gasteiger partial charge in [0.05, 0.1) is 35.1 Å². The lowest BCUT2D eigenvalue weighted by Gasteiger charge is -2.65. The summed E-state index contributed by atoms with van der Waals surface area (Å²) in [6.45, 7) is 5.89. The summed E-state index contributed by atoms with van der Waals surface area (Å²) in [5.41, 5.74) is -3.10. The zero-order valence-corrected chi connectivity index (χ0v) is 25.4. The monoisotopic (exact) mass is 602 g/mol. The molecule has 4 saturated carbocycles. The lowest BCUT2D eigenvalue weighted by molar-refractivity contribution is -0.302. The fourth-order valence-electron chi connectivity index (χ4n) is 10.5. The minimum atomic E-state index is -1.26. The zero-order valence-electron chi connectivity index (χ0n) is 25.4. The maximum absolute atomic E-state index is 13.2. The molecular formula is C33H46O10. The lowest BCUT2D eigenvalue weighted by atomic mass is 9.41. The smallest absolute Gasteiger partial charge is 0.335 e. The van der Waals surface area contributed by atoms with Crippen LogP contribution in [-0.4, -0.2) is 75.9 Å². The van der Waals surface area contributed by atoms with Gasteiger partial charge in [0.25, 0.3) is 0 Å². The maximum atomic E-state index is 13.2. The van der Waals surface area contributed by atoms with E-state index in [2.05, 4.69) is 6.92 Å². The molecule has 3 N–H and O–H groups in total. The molecule has 0 radical (unpaired) electrons. The molecule has 2 saturated heterocycles. The Hall–Kier alpha value is -1.66. The number of hydrogen-bond acceptors (Lipinski definition) is 10. The molecule has 2 aliphatic heterocycles. The Bertz CT molecular complexity index is 1260. The van der Waals surface area contributed by atoms with Gasteiger partial charge >= 0.3 is 5.63 Å². The van der Waals surface area contributed by atoms with Crippen LogP contribution < -0.4 is 5.63 Å². The van der Waals surface area contributed by atoms with Gasteiger partial charge in [0, 0.05) is 17.9 Å². The van der Waals surface area contributed by atoms with E-state index in [0.29, 0.717) is 44.9 Å². The number of ether oxygens (including phenoxy) is 4. The van der Waals surface area contributed by atoms with Crippen LogP contribution in [0.2, 0.25) is 0 Å². The van der Waals surface area contributed by atoms with Gasteiger partial charge in [0.15, 0.2) is 12.6 Å². The van der Waals surface area contributed by atoms with Gasteiger partial charge in [-0.2, -0.15) is 0 Å². The van der Waals surface area contributed by atoms with Crippen LogP contribution >= 0.6 is 0 Å². The van der Waals surface area contributed by atoms with Gasteiger partial charge in [-0.05, 0) is 94.1 Å². The largest absolute Gasteiger partial charge is 0.431 e. The molecule has 0 bridgehead atoms. The minimum Gasteiger partial charge on any atom is -0.431 e. The van der Waals surface area contributed by atoms with E-state index in [-0.39, 0.29) is 29.5 Å². The molecule has 1 aromatic rings. The number of carbonyl (C=O) groups is 1. The number of hydrogen-bond donors (Lipinski definition) is 3. The van der Waals surface area contributed by atoms with Crippen molar-refractivity contribution in [3.8, 4) is 0 Å². The molecule has 7 rings (SSSR count). The summed E-state index contributed by atoms with van der Waals surface area (Å²) in [5.74, 6) is -0.207. The fourth-order valence-corrected chi connectivity index (χ4v) is 10.5. The third-order valence-corrected chi connectivity index (χ3v) is 12.9. The average molecular weight is 603 g/mol. The molecule has 6 aliphatic rings. The van der Waals surface area contributed by atoms with Gasteiger partial charge < -0.3 is 43.5 Å². The molecule has 238 valence electrons. The van der Waals surface area contributed by atoms with E-state index in [4.69, 9.17) is 23.4 Å². The summed E-state index contributed by atoms with van der Waals surface area (Å²) in [6, 6.07) is 3.26. The van der Waals surface area contributed by atoms with Crippen LogP contribution in [0.1, 0.15) is 96.5 Å². The summed E-state index contributed by atoms with van der Waals surface area (Å²) in [4.78, 5) is 24.8.